The molecule has 0 unspecified atom stereocenters. The first kappa shape index (κ1) is 20.2. The van der Waals surface area contributed by atoms with Crippen LogP contribution in [0.5, 0.6) is 11.5 Å². The van der Waals surface area contributed by atoms with Gasteiger partial charge in [0.05, 0.1) is 19.3 Å². The minimum Gasteiger partial charge on any atom is -0.493 e. The molecule has 6 nitrogen and oxygen atoms in total. The van der Waals surface area contributed by atoms with Gasteiger partial charge in [-0.3, -0.25) is 4.79 Å². The van der Waals surface area contributed by atoms with Crippen molar-refractivity contribution in [3.05, 3.63) is 59.4 Å². The van der Waals surface area contributed by atoms with Crippen LogP contribution >= 0.6 is 0 Å². The van der Waals surface area contributed by atoms with Crippen LogP contribution in [0.1, 0.15) is 22.8 Å². The van der Waals surface area contributed by atoms with Crippen LogP contribution in [0.25, 0.3) is 0 Å². The van der Waals surface area contributed by atoms with Crippen molar-refractivity contribution in [1.29, 1.82) is 0 Å². The number of carbonyl (C=O) groups is 2. The van der Waals surface area contributed by atoms with Gasteiger partial charge < -0.3 is 19.1 Å². The van der Waals surface area contributed by atoms with E-state index in [9.17, 15) is 14.0 Å². The molecule has 2 aromatic rings. The molecule has 7 heteroatoms. The lowest BCUT2D eigenvalue weighted by Crippen LogP contribution is -2.31. The summed E-state index contributed by atoms with van der Waals surface area (Å²) in [5.41, 5.74) is 0.621. The highest BCUT2D eigenvalue weighted by Gasteiger charge is 2.16. The van der Waals surface area contributed by atoms with Crippen molar-refractivity contribution in [2.45, 2.75) is 13.5 Å². The van der Waals surface area contributed by atoms with Crippen molar-refractivity contribution in [2.24, 2.45) is 0 Å². The van der Waals surface area contributed by atoms with E-state index < -0.39 is 24.3 Å². The van der Waals surface area contributed by atoms with Crippen molar-refractivity contribution < 1.29 is 28.2 Å². The monoisotopic (exact) mass is 375 g/mol. The van der Waals surface area contributed by atoms with Gasteiger partial charge in [-0.15, -0.1) is 0 Å². The second kappa shape index (κ2) is 9.56. The van der Waals surface area contributed by atoms with Crippen LogP contribution in [0.4, 0.5) is 4.39 Å². The van der Waals surface area contributed by atoms with E-state index >= 15 is 0 Å². The van der Waals surface area contributed by atoms with Crippen LogP contribution < -0.4 is 9.47 Å². The number of hydrogen-bond acceptors (Lipinski definition) is 5. The smallest absolute Gasteiger partial charge is 0.338 e. The van der Waals surface area contributed by atoms with Crippen LogP contribution in [0.2, 0.25) is 0 Å². The Morgan fingerprint density at radius 2 is 1.85 bits per heavy atom. The zero-order valence-corrected chi connectivity index (χ0v) is 15.5. The summed E-state index contributed by atoms with van der Waals surface area (Å²) >= 11 is 0. The second-order valence-corrected chi connectivity index (χ2v) is 5.72. The van der Waals surface area contributed by atoms with E-state index in [1.807, 2.05) is 6.92 Å². The maximum atomic E-state index is 13.7. The van der Waals surface area contributed by atoms with E-state index in [1.165, 1.54) is 37.3 Å². The van der Waals surface area contributed by atoms with Crippen molar-refractivity contribution in [1.82, 2.24) is 4.90 Å². The van der Waals surface area contributed by atoms with Crippen LogP contribution in [0.3, 0.4) is 0 Å². The minimum atomic E-state index is -0.663. The number of halogens is 1. The van der Waals surface area contributed by atoms with Gasteiger partial charge in [-0.1, -0.05) is 18.2 Å². The summed E-state index contributed by atoms with van der Waals surface area (Å²) < 4.78 is 29.3. The lowest BCUT2D eigenvalue weighted by atomic mass is 10.2. The van der Waals surface area contributed by atoms with Gasteiger partial charge >= 0.3 is 5.97 Å². The summed E-state index contributed by atoms with van der Waals surface area (Å²) in [6, 6.07) is 10.8. The molecule has 0 aliphatic carbocycles. The zero-order chi connectivity index (χ0) is 19.8. The van der Waals surface area contributed by atoms with Gasteiger partial charge in [-0.05, 0) is 31.2 Å². The van der Waals surface area contributed by atoms with E-state index in [1.54, 1.807) is 24.3 Å². The number of carbonyl (C=O) groups excluding carboxylic acids is 2. The molecule has 27 heavy (non-hydrogen) atoms. The minimum absolute atomic E-state index is 0.0833. The molecule has 0 heterocycles. The van der Waals surface area contributed by atoms with E-state index in [-0.39, 0.29) is 12.1 Å². The molecule has 0 aromatic heterocycles. The predicted octanol–water partition coefficient (Wildman–Crippen LogP) is 3.05. The number of hydrogen-bond donors (Lipinski definition) is 0. The van der Waals surface area contributed by atoms with E-state index in [2.05, 4.69) is 0 Å². The largest absolute Gasteiger partial charge is 0.493 e. The molecule has 1 amide bonds. The van der Waals surface area contributed by atoms with Crippen LogP contribution in [-0.2, 0) is 16.1 Å². The Hall–Kier alpha value is -3.09. The van der Waals surface area contributed by atoms with Gasteiger partial charge in [-0.25, -0.2) is 9.18 Å². The molecule has 0 bridgehead atoms. The molecule has 0 atom stereocenters. The SMILES string of the molecule is CCOc1ccc(C(=O)OCC(=O)N(C)Cc2ccccc2F)cc1OC. The first-order valence-corrected chi connectivity index (χ1v) is 8.41. The molecule has 0 aliphatic rings. The standard InChI is InChI=1S/C20H22FNO5/c1-4-26-17-10-9-14(11-18(17)25-3)20(24)27-13-19(23)22(2)12-15-7-5-6-8-16(15)21/h5-11H,4,12-13H2,1-3H3. The summed E-state index contributed by atoms with van der Waals surface area (Å²) in [4.78, 5) is 25.6. The topological polar surface area (TPSA) is 65.1 Å². The van der Waals surface area contributed by atoms with Gasteiger partial charge in [-0.2, -0.15) is 0 Å². The van der Waals surface area contributed by atoms with Gasteiger partial charge in [0.15, 0.2) is 18.1 Å². The molecule has 144 valence electrons. The predicted molar refractivity (Wildman–Crippen MR) is 97.3 cm³/mol. The third kappa shape index (κ3) is 5.44. The number of ether oxygens (including phenoxy) is 3. The number of likely N-dealkylation sites (N-methyl/N-ethyl adjacent to an activating group) is 1. The number of esters is 1. The van der Waals surface area contributed by atoms with Crippen molar-refractivity contribution in [3.63, 3.8) is 0 Å². The first-order valence-electron chi connectivity index (χ1n) is 8.41. The summed E-state index contributed by atoms with van der Waals surface area (Å²) in [5, 5.41) is 0. The van der Waals surface area contributed by atoms with E-state index in [0.717, 1.165) is 0 Å². The van der Waals surface area contributed by atoms with Gasteiger partial charge in [0.2, 0.25) is 0 Å². The van der Waals surface area contributed by atoms with Crippen molar-refractivity contribution >= 4 is 11.9 Å². The van der Waals surface area contributed by atoms with Crippen LogP contribution in [-0.4, -0.2) is 44.1 Å². The summed E-state index contributed by atoms with van der Waals surface area (Å²) in [7, 11) is 2.98. The molecule has 0 spiro atoms. The van der Waals surface area contributed by atoms with Gasteiger partial charge in [0, 0.05) is 19.2 Å². The van der Waals surface area contributed by atoms with Gasteiger partial charge in [0.25, 0.3) is 5.91 Å². The van der Waals surface area contributed by atoms with Crippen LogP contribution in [0, 0.1) is 5.82 Å². The highest BCUT2D eigenvalue weighted by Crippen LogP contribution is 2.28. The molecule has 0 N–H and O–H groups in total. The zero-order valence-electron chi connectivity index (χ0n) is 15.5. The average molecular weight is 375 g/mol. The van der Waals surface area contributed by atoms with Crippen LogP contribution in [0.15, 0.2) is 42.5 Å². The normalized spacial score (nSPS) is 10.2. The Labute approximate surface area is 157 Å². The summed E-state index contributed by atoms with van der Waals surface area (Å²) in [6.07, 6.45) is 0. The Balaban J connectivity index is 1.94. The lowest BCUT2D eigenvalue weighted by molar-refractivity contribution is -0.133. The summed E-state index contributed by atoms with van der Waals surface area (Å²) in [5.74, 6) is -0.587. The fourth-order valence-electron chi connectivity index (χ4n) is 2.36. The second-order valence-electron chi connectivity index (χ2n) is 5.72. The lowest BCUT2D eigenvalue weighted by Gasteiger charge is -2.17. The first-order chi connectivity index (χ1) is 13.0. The Kier molecular flexibility index (Phi) is 7.16. The molecular formula is C20H22FNO5. The molecule has 0 radical (unpaired) electrons. The molecular weight excluding hydrogens is 353 g/mol. The number of methoxy groups -OCH3 is 1. The van der Waals surface area contributed by atoms with Gasteiger partial charge in [0.1, 0.15) is 5.82 Å². The third-order valence-electron chi connectivity index (χ3n) is 3.82. The quantitative estimate of drug-likeness (QED) is 0.664. The molecule has 0 saturated carbocycles. The third-order valence-corrected chi connectivity index (χ3v) is 3.82. The maximum Gasteiger partial charge on any atom is 0.338 e. The highest BCUT2D eigenvalue weighted by molar-refractivity contribution is 5.92. The Bertz CT molecular complexity index is 809. The molecule has 0 aliphatic heterocycles. The molecule has 2 rings (SSSR count). The molecule has 0 fully saturated rings. The number of benzene rings is 2. The van der Waals surface area contributed by atoms with E-state index in [4.69, 9.17) is 14.2 Å². The number of amides is 1. The Morgan fingerprint density at radius 1 is 1.11 bits per heavy atom. The average Bonchev–Trinajstić information content (AvgIpc) is 2.68. The van der Waals surface area contributed by atoms with Crippen molar-refractivity contribution in [3.8, 4) is 11.5 Å². The maximum absolute atomic E-state index is 13.7. The molecule has 2 aromatic carbocycles. The molecule has 0 saturated heterocycles. The fourth-order valence-corrected chi connectivity index (χ4v) is 2.36. The Morgan fingerprint density at radius 3 is 2.52 bits per heavy atom. The van der Waals surface area contributed by atoms with E-state index in [0.29, 0.717) is 23.7 Å². The van der Waals surface area contributed by atoms with Crippen molar-refractivity contribution in [2.75, 3.05) is 27.4 Å². The summed E-state index contributed by atoms with van der Waals surface area (Å²) in [6.45, 7) is 1.94. The number of nitrogens with zero attached hydrogens (tertiary/aromatic N) is 1. The fraction of sp³-hybridized carbons (Fsp3) is 0.300. The number of rotatable bonds is 8. The highest BCUT2D eigenvalue weighted by atomic mass is 19.1.